The number of hydrogen-bond donors (Lipinski definition) is 0. The van der Waals surface area contributed by atoms with Crippen molar-refractivity contribution >= 4 is 28.1 Å². The topological polar surface area (TPSA) is 100 Å². The maximum Gasteiger partial charge on any atom is 0.275 e. The van der Waals surface area contributed by atoms with Crippen LogP contribution in [0.1, 0.15) is 16.3 Å². The molecule has 0 N–H and O–H groups in total. The molecule has 3 heterocycles. The summed E-state index contributed by atoms with van der Waals surface area (Å²) in [6.07, 6.45) is 0. The zero-order chi connectivity index (χ0) is 18.8. The fraction of sp³-hybridized carbons (Fsp3) is 0.250. The normalized spacial score (nSPS) is 11.2. The summed E-state index contributed by atoms with van der Waals surface area (Å²) >= 11 is 2.82. The molecule has 0 atom stereocenters. The largest absolute Gasteiger partial charge is 0.497 e. The molecule has 138 valence electrons. The van der Waals surface area contributed by atoms with E-state index in [0.29, 0.717) is 28.1 Å². The highest BCUT2D eigenvalue weighted by atomic mass is 32.2. The lowest BCUT2D eigenvalue weighted by Crippen LogP contribution is -2.15. The molecular weight excluding hydrogens is 386 g/mol. The molecule has 4 rings (SSSR count). The molecule has 0 fully saturated rings. The van der Waals surface area contributed by atoms with Gasteiger partial charge in [-0.1, -0.05) is 35.2 Å². The summed E-state index contributed by atoms with van der Waals surface area (Å²) in [6.45, 7) is 2.39. The van der Waals surface area contributed by atoms with E-state index in [-0.39, 0.29) is 5.56 Å². The van der Waals surface area contributed by atoms with Crippen LogP contribution >= 0.6 is 23.1 Å². The van der Waals surface area contributed by atoms with Crippen LogP contribution in [-0.4, -0.2) is 41.9 Å². The van der Waals surface area contributed by atoms with Crippen LogP contribution < -0.4 is 10.3 Å². The number of hydrogen-bond acceptors (Lipinski definition) is 9. The van der Waals surface area contributed by atoms with Gasteiger partial charge in [0.1, 0.15) is 10.8 Å². The molecule has 9 nitrogen and oxygen atoms in total. The second-order valence-corrected chi connectivity index (χ2v) is 7.76. The third-order valence-electron chi connectivity index (χ3n) is 3.74. The molecule has 0 saturated heterocycles. The van der Waals surface area contributed by atoms with Crippen molar-refractivity contribution in [3.63, 3.8) is 0 Å². The van der Waals surface area contributed by atoms with Gasteiger partial charge in [0.15, 0.2) is 0 Å². The Labute approximate surface area is 162 Å². The highest BCUT2D eigenvalue weighted by Gasteiger charge is 2.11. The molecule has 1 aromatic carbocycles. The first kappa shape index (κ1) is 17.6. The lowest BCUT2D eigenvalue weighted by molar-refractivity contribution is 0.414. The number of nitrogens with zero attached hydrogens (tertiary/aromatic N) is 7. The van der Waals surface area contributed by atoms with Crippen LogP contribution in [0.25, 0.3) is 4.96 Å². The first-order valence-electron chi connectivity index (χ1n) is 8.00. The van der Waals surface area contributed by atoms with Gasteiger partial charge in [-0.3, -0.25) is 4.79 Å². The summed E-state index contributed by atoms with van der Waals surface area (Å²) in [4.78, 5) is 17.2. The summed E-state index contributed by atoms with van der Waals surface area (Å²) in [5.41, 5.74) is 1.55. The van der Waals surface area contributed by atoms with Crippen molar-refractivity contribution in [1.29, 1.82) is 0 Å². The summed E-state index contributed by atoms with van der Waals surface area (Å²) in [5.74, 6) is 1.29. The van der Waals surface area contributed by atoms with Crippen LogP contribution in [0.2, 0.25) is 0 Å². The number of thioether (sulfide) groups is 1. The van der Waals surface area contributed by atoms with Crippen LogP contribution in [0.5, 0.6) is 5.75 Å². The molecule has 27 heavy (non-hydrogen) atoms. The number of tetrazole rings is 1. The van der Waals surface area contributed by atoms with Gasteiger partial charge in [-0.05, 0) is 35.0 Å². The predicted molar refractivity (Wildman–Crippen MR) is 101 cm³/mol. The minimum Gasteiger partial charge on any atom is -0.497 e. The van der Waals surface area contributed by atoms with E-state index in [1.807, 2.05) is 31.2 Å². The van der Waals surface area contributed by atoms with E-state index in [2.05, 4.69) is 25.6 Å². The predicted octanol–water partition coefficient (Wildman–Crippen LogP) is 1.80. The van der Waals surface area contributed by atoms with Crippen LogP contribution in [0, 0.1) is 6.92 Å². The lowest BCUT2D eigenvalue weighted by Gasteiger charge is -2.05. The second-order valence-electron chi connectivity index (χ2n) is 5.66. The highest BCUT2D eigenvalue weighted by Crippen LogP contribution is 2.21. The maximum atomic E-state index is 12.1. The Morgan fingerprint density at radius 2 is 2.07 bits per heavy atom. The average molecular weight is 401 g/mol. The molecule has 0 spiro atoms. The van der Waals surface area contributed by atoms with Gasteiger partial charge in [0.2, 0.25) is 10.1 Å². The van der Waals surface area contributed by atoms with Crippen molar-refractivity contribution in [3.05, 3.63) is 57.0 Å². The maximum absolute atomic E-state index is 12.1. The van der Waals surface area contributed by atoms with Gasteiger partial charge < -0.3 is 4.74 Å². The molecule has 0 amide bonds. The van der Waals surface area contributed by atoms with Crippen LogP contribution in [0.4, 0.5) is 0 Å². The molecular formula is C16H15N7O2S2. The third kappa shape index (κ3) is 3.83. The average Bonchev–Trinajstić information content (AvgIpc) is 3.26. The summed E-state index contributed by atoms with van der Waals surface area (Å²) in [7, 11) is 1.63. The number of methoxy groups -OCH3 is 1. The number of aromatic nitrogens is 7. The van der Waals surface area contributed by atoms with E-state index < -0.39 is 0 Å². The van der Waals surface area contributed by atoms with Gasteiger partial charge in [0.25, 0.3) is 5.56 Å². The first-order chi connectivity index (χ1) is 13.1. The van der Waals surface area contributed by atoms with Gasteiger partial charge in [0, 0.05) is 11.8 Å². The fourth-order valence-corrected chi connectivity index (χ4v) is 4.00. The minimum atomic E-state index is -0.183. The Hall–Kier alpha value is -2.79. The number of fused-ring (bicyclic) bond motifs is 1. The molecule has 0 radical (unpaired) electrons. The van der Waals surface area contributed by atoms with E-state index in [1.165, 1.54) is 33.7 Å². The zero-order valence-corrected chi connectivity index (χ0v) is 16.2. The molecule has 4 aromatic rings. The molecule has 0 aliphatic heterocycles. The SMILES string of the molecule is COc1ccc(Cn2nnnc2SCc2cc(=O)n3nc(C)sc3n2)cc1. The summed E-state index contributed by atoms with van der Waals surface area (Å²) in [6, 6.07) is 9.23. The van der Waals surface area contributed by atoms with Gasteiger partial charge >= 0.3 is 0 Å². The van der Waals surface area contributed by atoms with Crippen LogP contribution in [0.15, 0.2) is 40.3 Å². The Morgan fingerprint density at radius 3 is 2.85 bits per heavy atom. The molecule has 0 saturated carbocycles. The third-order valence-corrected chi connectivity index (χ3v) is 5.55. The van der Waals surface area contributed by atoms with E-state index in [0.717, 1.165) is 16.3 Å². The molecule has 11 heteroatoms. The first-order valence-corrected chi connectivity index (χ1v) is 9.81. The Kier molecular flexibility index (Phi) is 4.86. The Bertz CT molecular complexity index is 1130. The molecule has 3 aromatic heterocycles. The number of benzene rings is 1. The molecule has 0 aliphatic rings. The standard InChI is InChI=1S/C16H15N7O2S2/c1-10-19-23-14(24)7-12(17-15(23)27-10)9-26-16-18-20-21-22(16)8-11-3-5-13(25-2)6-4-11/h3-7H,8-9H2,1-2H3. The van der Waals surface area contributed by atoms with E-state index in [1.54, 1.807) is 11.8 Å². The van der Waals surface area contributed by atoms with E-state index in [4.69, 9.17) is 4.74 Å². The summed E-state index contributed by atoms with van der Waals surface area (Å²) in [5, 5.41) is 17.5. The van der Waals surface area contributed by atoms with Gasteiger partial charge in [-0.15, -0.1) is 5.10 Å². The van der Waals surface area contributed by atoms with Crippen molar-refractivity contribution in [1.82, 2.24) is 34.8 Å². The van der Waals surface area contributed by atoms with Crippen molar-refractivity contribution in [3.8, 4) is 5.75 Å². The summed E-state index contributed by atoms with van der Waals surface area (Å²) < 4.78 is 8.21. The van der Waals surface area contributed by atoms with E-state index >= 15 is 0 Å². The lowest BCUT2D eigenvalue weighted by atomic mass is 10.2. The minimum absolute atomic E-state index is 0.183. The van der Waals surface area contributed by atoms with Crippen molar-refractivity contribution in [2.45, 2.75) is 24.4 Å². The number of rotatable bonds is 6. The molecule has 0 aliphatic carbocycles. The van der Waals surface area contributed by atoms with Crippen LogP contribution in [0.3, 0.4) is 0 Å². The van der Waals surface area contributed by atoms with Gasteiger partial charge in [-0.2, -0.15) is 9.61 Å². The monoisotopic (exact) mass is 401 g/mol. The highest BCUT2D eigenvalue weighted by molar-refractivity contribution is 7.98. The van der Waals surface area contributed by atoms with Crippen LogP contribution in [-0.2, 0) is 12.3 Å². The van der Waals surface area contributed by atoms with Gasteiger partial charge in [-0.25, -0.2) is 9.67 Å². The van der Waals surface area contributed by atoms with Crippen molar-refractivity contribution in [2.75, 3.05) is 7.11 Å². The second kappa shape index (κ2) is 7.45. The Morgan fingerprint density at radius 1 is 1.26 bits per heavy atom. The quantitative estimate of drug-likeness (QED) is 0.451. The smallest absolute Gasteiger partial charge is 0.275 e. The van der Waals surface area contributed by atoms with Gasteiger partial charge in [0.05, 0.1) is 19.3 Å². The van der Waals surface area contributed by atoms with Crippen molar-refractivity contribution in [2.24, 2.45) is 0 Å². The Balaban J connectivity index is 1.49. The molecule has 0 bridgehead atoms. The number of ether oxygens (including phenoxy) is 1. The van der Waals surface area contributed by atoms with Crippen molar-refractivity contribution < 1.29 is 4.74 Å². The molecule has 0 unspecified atom stereocenters. The fourth-order valence-electron chi connectivity index (χ4n) is 2.47. The van der Waals surface area contributed by atoms with E-state index in [9.17, 15) is 4.79 Å². The zero-order valence-electron chi connectivity index (χ0n) is 14.6. The number of aryl methyl sites for hydroxylation is 1.